The monoisotopic (exact) mass is 376 g/mol. The third kappa shape index (κ3) is 5.49. The number of hydrogen-bond donors (Lipinski definition) is 2. The van der Waals surface area contributed by atoms with Gasteiger partial charge in [-0.15, -0.1) is 0 Å². The Kier molecular flexibility index (Phi) is 5.59. The average Bonchev–Trinajstić information content (AvgIpc) is 2.48. The zero-order valence-electron chi connectivity index (χ0n) is 16.6. The number of ether oxygens (including phenoxy) is 2. The molecule has 27 heavy (non-hydrogen) atoms. The smallest absolute Gasteiger partial charge is 0.405 e. The van der Waals surface area contributed by atoms with E-state index in [1.54, 1.807) is 19.9 Å². The number of allylic oxidation sites excluding steroid dienone is 4. The number of primary amides is 1. The lowest BCUT2D eigenvalue weighted by molar-refractivity contribution is -0.0127. The van der Waals surface area contributed by atoms with E-state index in [0.717, 1.165) is 11.1 Å². The molecule has 0 saturated heterocycles. The Balaban J connectivity index is 2.44. The van der Waals surface area contributed by atoms with E-state index in [9.17, 15) is 4.79 Å². The molecule has 1 atom stereocenters. The Morgan fingerprint density at radius 1 is 1.19 bits per heavy atom. The Bertz CT molecular complexity index is 763. The Labute approximate surface area is 160 Å². The van der Waals surface area contributed by atoms with Gasteiger partial charge in [-0.25, -0.2) is 9.18 Å². The van der Waals surface area contributed by atoms with Gasteiger partial charge >= 0.3 is 6.09 Å². The molecular weight excluding hydrogens is 347 g/mol. The van der Waals surface area contributed by atoms with Crippen LogP contribution in [-0.2, 0) is 9.47 Å². The highest BCUT2D eigenvalue weighted by molar-refractivity contribution is 5.78. The molecule has 1 aliphatic carbocycles. The number of halogens is 1. The van der Waals surface area contributed by atoms with Crippen molar-refractivity contribution in [3.8, 4) is 0 Å². The highest BCUT2D eigenvalue weighted by atomic mass is 19.1. The number of nitrogens with two attached hydrogens (primary N) is 2. The van der Waals surface area contributed by atoms with E-state index in [1.165, 1.54) is 0 Å². The SMILES string of the molecule is CC(C)(C)OC1=C(c2ccccc2)C=C(N)C(F)(CC(C)(C)OC(N)=O)C1. The summed E-state index contributed by atoms with van der Waals surface area (Å²) in [6, 6.07) is 9.57. The molecule has 0 fully saturated rings. The van der Waals surface area contributed by atoms with Gasteiger partial charge in [-0.2, -0.15) is 0 Å². The van der Waals surface area contributed by atoms with E-state index in [2.05, 4.69) is 0 Å². The first-order valence-corrected chi connectivity index (χ1v) is 8.94. The summed E-state index contributed by atoms with van der Waals surface area (Å²) >= 11 is 0. The topological polar surface area (TPSA) is 87.6 Å². The van der Waals surface area contributed by atoms with E-state index in [0.29, 0.717) is 5.76 Å². The van der Waals surface area contributed by atoms with Gasteiger partial charge in [-0.1, -0.05) is 30.3 Å². The fourth-order valence-electron chi connectivity index (χ4n) is 3.29. The highest BCUT2D eigenvalue weighted by Gasteiger charge is 2.45. The van der Waals surface area contributed by atoms with Gasteiger partial charge < -0.3 is 20.9 Å². The molecule has 2 rings (SSSR count). The van der Waals surface area contributed by atoms with Gasteiger partial charge in [0.15, 0.2) is 5.67 Å². The molecule has 0 spiro atoms. The second-order valence-electron chi connectivity index (χ2n) is 8.52. The summed E-state index contributed by atoms with van der Waals surface area (Å²) in [5, 5.41) is 0. The largest absolute Gasteiger partial charge is 0.492 e. The summed E-state index contributed by atoms with van der Waals surface area (Å²) in [5.41, 5.74) is 9.42. The Morgan fingerprint density at radius 3 is 2.30 bits per heavy atom. The summed E-state index contributed by atoms with van der Waals surface area (Å²) in [6.07, 6.45) is 0.473. The molecule has 0 aromatic heterocycles. The molecule has 148 valence electrons. The maximum atomic E-state index is 15.9. The average molecular weight is 376 g/mol. The van der Waals surface area contributed by atoms with Gasteiger partial charge in [0.25, 0.3) is 0 Å². The van der Waals surface area contributed by atoms with Gasteiger partial charge in [-0.3, -0.25) is 0 Å². The van der Waals surface area contributed by atoms with Gasteiger partial charge in [0.2, 0.25) is 0 Å². The van der Waals surface area contributed by atoms with E-state index >= 15 is 4.39 Å². The predicted octanol–water partition coefficient (Wildman–Crippen LogP) is 4.43. The zero-order valence-corrected chi connectivity index (χ0v) is 16.6. The van der Waals surface area contributed by atoms with Gasteiger partial charge in [0.1, 0.15) is 17.0 Å². The number of carbonyl (C=O) groups is 1. The van der Waals surface area contributed by atoms with Crippen molar-refractivity contribution in [2.24, 2.45) is 11.5 Å². The summed E-state index contributed by atoms with van der Waals surface area (Å²) in [5.74, 6) is 0.514. The minimum Gasteiger partial charge on any atom is -0.492 e. The fraction of sp³-hybridized carbons (Fsp3) is 0.476. The molecule has 0 aliphatic heterocycles. The van der Waals surface area contributed by atoms with Crippen LogP contribution < -0.4 is 11.5 Å². The first-order chi connectivity index (χ1) is 12.3. The van der Waals surface area contributed by atoms with Gasteiger partial charge in [0.05, 0.1) is 0 Å². The summed E-state index contributed by atoms with van der Waals surface area (Å²) in [4.78, 5) is 11.1. The third-order valence-electron chi connectivity index (χ3n) is 4.16. The quantitative estimate of drug-likeness (QED) is 0.796. The number of hydrogen-bond acceptors (Lipinski definition) is 4. The van der Waals surface area contributed by atoms with Crippen molar-refractivity contribution in [3.05, 3.63) is 53.4 Å². The van der Waals surface area contributed by atoms with Crippen molar-refractivity contribution in [1.29, 1.82) is 0 Å². The van der Waals surface area contributed by atoms with Crippen LogP contribution in [0.2, 0.25) is 0 Å². The number of amides is 1. The predicted molar refractivity (Wildman–Crippen MR) is 104 cm³/mol. The molecular formula is C21H29FN2O3. The molecule has 0 saturated carbocycles. The van der Waals surface area contributed by atoms with Crippen molar-refractivity contribution < 1.29 is 18.7 Å². The lowest BCUT2D eigenvalue weighted by Crippen LogP contribution is -2.44. The second-order valence-corrected chi connectivity index (χ2v) is 8.52. The van der Waals surface area contributed by atoms with Gasteiger partial charge in [0, 0.05) is 24.1 Å². The first-order valence-electron chi connectivity index (χ1n) is 8.94. The minimum absolute atomic E-state index is 0.0532. The van der Waals surface area contributed by atoms with E-state index in [4.69, 9.17) is 20.9 Å². The molecule has 1 aromatic rings. The molecule has 6 heteroatoms. The number of carbonyl (C=O) groups excluding carboxylic acids is 1. The molecule has 0 bridgehead atoms. The highest BCUT2D eigenvalue weighted by Crippen LogP contribution is 2.44. The second kappa shape index (κ2) is 7.25. The Morgan fingerprint density at radius 2 is 1.78 bits per heavy atom. The third-order valence-corrected chi connectivity index (χ3v) is 4.16. The van der Waals surface area contributed by atoms with Crippen LogP contribution in [0.25, 0.3) is 5.57 Å². The maximum Gasteiger partial charge on any atom is 0.405 e. The number of rotatable bonds is 5. The van der Waals surface area contributed by atoms with Crippen molar-refractivity contribution in [1.82, 2.24) is 0 Å². The minimum atomic E-state index is -1.92. The molecule has 1 unspecified atom stereocenters. The molecule has 1 aromatic carbocycles. The zero-order chi connectivity index (χ0) is 20.5. The molecule has 1 amide bonds. The lowest BCUT2D eigenvalue weighted by atomic mass is 9.80. The van der Waals surface area contributed by atoms with Gasteiger partial charge in [-0.05, 0) is 46.3 Å². The molecule has 0 heterocycles. The summed E-state index contributed by atoms with van der Waals surface area (Å²) in [6.45, 7) is 8.93. The van der Waals surface area contributed by atoms with E-state index in [-0.39, 0.29) is 18.5 Å². The van der Waals surface area contributed by atoms with Crippen molar-refractivity contribution in [2.45, 2.75) is 64.3 Å². The lowest BCUT2D eigenvalue weighted by Gasteiger charge is -2.38. The fourth-order valence-corrected chi connectivity index (χ4v) is 3.29. The van der Waals surface area contributed by atoms with Crippen LogP contribution in [0.1, 0.15) is 53.0 Å². The normalized spacial score (nSPS) is 20.9. The van der Waals surface area contributed by atoms with Crippen LogP contribution in [0.3, 0.4) is 0 Å². The molecule has 5 nitrogen and oxygen atoms in total. The van der Waals surface area contributed by atoms with Crippen molar-refractivity contribution >= 4 is 11.7 Å². The number of alkyl halides is 1. The van der Waals surface area contributed by atoms with Crippen LogP contribution in [-0.4, -0.2) is 23.0 Å². The van der Waals surface area contributed by atoms with Crippen LogP contribution in [0.4, 0.5) is 9.18 Å². The number of benzene rings is 1. The van der Waals surface area contributed by atoms with E-state index < -0.39 is 23.0 Å². The van der Waals surface area contributed by atoms with Crippen molar-refractivity contribution in [3.63, 3.8) is 0 Å². The maximum absolute atomic E-state index is 15.9. The Hall–Kier alpha value is -2.50. The first kappa shape index (κ1) is 20.8. The summed E-state index contributed by atoms with van der Waals surface area (Å²) < 4.78 is 27.0. The molecule has 0 radical (unpaired) electrons. The van der Waals surface area contributed by atoms with Crippen molar-refractivity contribution in [2.75, 3.05) is 0 Å². The summed E-state index contributed by atoms with van der Waals surface area (Å²) in [7, 11) is 0. The van der Waals surface area contributed by atoms with Crippen LogP contribution in [0.5, 0.6) is 0 Å². The van der Waals surface area contributed by atoms with Crippen LogP contribution in [0, 0.1) is 0 Å². The van der Waals surface area contributed by atoms with Crippen LogP contribution >= 0.6 is 0 Å². The standard InChI is InChI=1S/C21H29FN2O3/c1-19(2,3)26-16-12-21(22,13-20(4,5)27-18(24)25)17(23)11-15(16)14-9-7-6-8-10-14/h6-11H,12-13,23H2,1-5H3,(H2,24,25). The van der Waals surface area contributed by atoms with E-state index in [1.807, 2.05) is 51.1 Å². The molecule has 4 N–H and O–H groups in total. The van der Waals surface area contributed by atoms with Crippen LogP contribution in [0.15, 0.2) is 47.9 Å². The molecule has 1 aliphatic rings.